The smallest absolute Gasteiger partial charge is 0.273 e. The Balaban J connectivity index is 1.75. The number of rotatable bonds is 4. The van der Waals surface area contributed by atoms with Gasteiger partial charge in [-0.05, 0) is 25.3 Å². The van der Waals surface area contributed by atoms with Gasteiger partial charge in [-0.15, -0.1) is 0 Å². The van der Waals surface area contributed by atoms with Crippen LogP contribution in [0.2, 0.25) is 0 Å². The third-order valence-corrected chi connectivity index (χ3v) is 4.29. The van der Waals surface area contributed by atoms with Crippen molar-refractivity contribution < 1.29 is 14.5 Å². The van der Waals surface area contributed by atoms with E-state index in [0.717, 1.165) is 19.3 Å². The van der Waals surface area contributed by atoms with Crippen molar-refractivity contribution in [2.75, 3.05) is 12.4 Å². The Morgan fingerprint density at radius 3 is 2.86 bits per heavy atom. The number of nitrogens with one attached hydrogen (secondary N) is 2. The molecule has 3 rings (SSSR count). The number of hydrogen-bond donors (Lipinski definition) is 2. The number of nitrogens with zero attached hydrogens (tertiary/aromatic N) is 1. The first-order valence-electron chi connectivity index (χ1n) is 6.98. The van der Waals surface area contributed by atoms with Crippen molar-refractivity contribution in [3.05, 3.63) is 28.3 Å². The summed E-state index contributed by atoms with van der Waals surface area (Å²) in [7, 11) is 1.42. The lowest BCUT2D eigenvalue weighted by molar-refractivity contribution is -0.384. The molecule has 1 aromatic carbocycles. The monoisotopic (exact) mass is 291 g/mol. The second kappa shape index (κ2) is 5.33. The summed E-state index contributed by atoms with van der Waals surface area (Å²) in [4.78, 5) is 22.6. The number of amides is 1. The van der Waals surface area contributed by atoms with E-state index >= 15 is 0 Å². The first-order valence-corrected chi connectivity index (χ1v) is 6.98. The lowest BCUT2D eigenvalue weighted by Gasteiger charge is -2.20. The van der Waals surface area contributed by atoms with Crippen LogP contribution < -0.4 is 15.4 Å². The van der Waals surface area contributed by atoms with Gasteiger partial charge < -0.3 is 15.4 Å². The fraction of sp³-hybridized carbons (Fsp3) is 0.500. The summed E-state index contributed by atoms with van der Waals surface area (Å²) in [6.07, 6.45) is 3.02. The molecule has 2 saturated heterocycles. The van der Waals surface area contributed by atoms with Crippen molar-refractivity contribution >= 4 is 17.3 Å². The summed E-state index contributed by atoms with van der Waals surface area (Å²) in [6.45, 7) is 0. The molecule has 21 heavy (non-hydrogen) atoms. The van der Waals surface area contributed by atoms with Crippen molar-refractivity contribution in [2.24, 2.45) is 5.92 Å². The molecule has 1 amide bonds. The van der Waals surface area contributed by atoms with Crippen molar-refractivity contribution in [2.45, 2.75) is 31.3 Å². The van der Waals surface area contributed by atoms with Crippen molar-refractivity contribution in [3.63, 3.8) is 0 Å². The zero-order chi connectivity index (χ0) is 15.0. The van der Waals surface area contributed by atoms with Crippen molar-refractivity contribution in [3.8, 4) is 5.75 Å². The van der Waals surface area contributed by atoms with Gasteiger partial charge in [0.25, 0.3) is 5.69 Å². The summed E-state index contributed by atoms with van der Waals surface area (Å²) >= 11 is 0. The van der Waals surface area contributed by atoms with Gasteiger partial charge in [0.15, 0.2) is 0 Å². The summed E-state index contributed by atoms with van der Waals surface area (Å²) in [5.41, 5.74) is 0.405. The van der Waals surface area contributed by atoms with Gasteiger partial charge >= 0.3 is 0 Å². The average molecular weight is 291 g/mol. The second-order valence-corrected chi connectivity index (χ2v) is 5.52. The normalized spacial score (nSPS) is 26.6. The summed E-state index contributed by atoms with van der Waals surface area (Å²) < 4.78 is 5.13. The molecule has 3 atom stereocenters. The summed E-state index contributed by atoms with van der Waals surface area (Å²) in [5, 5.41) is 17.0. The standard InChI is InChI=1S/C14H17N3O4/c1-21-13-7-9(17(19)20)3-5-12(13)16-14(18)10-6-8-2-4-11(10)15-8/h3,5,7-8,10-11,15H,2,4,6H2,1H3,(H,16,18). The molecule has 2 bridgehead atoms. The summed E-state index contributed by atoms with van der Waals surface area (Å²) in [6, 6.07) is 4.88. The first-order chi connectivity index (χ1) is 10.1. The molecule has 112 valence electrons. The number of nitro groups is 1. The zero-order valence-corrected chi connectivity index (χ0v) is 11.7. The predicted octanol–water partition coefficient (Wildman–Crippen LogP) is 1.68. The van der Waals surface area contributed by atoms with E-state index in [1.165, 1.54) is 25.3 Å². The number of non-ortho nitro benzene ring substituents is 1. The Hall–Kier alpha value is -2.15. The van der Waals surface area contributed by atoms with E-state index < -0.39 is 4.92 Å². The Kier molecular flexibility index (Phi) is 3.50. The third-order valence-electron chi connectivity index (χ3n) is 4.29. The van der Waals surface area contributed by atoms with Gasteiger partial charge in [0.1, 0.15) is 5.75 Å². The molecule has 0 aliphatic carbocycles. The van der Waals surface area contributed by atoms with Crippen LogP contribution in [-0.2, 0) is 4.79 Å². The Bertz CT molecular complexity index is 590. The minimum Gasteiger partial charge on any atom is -0.494 e. The number of fused-ring (bicyclic) bond motifs is 2. The van der Waals surface area contributed by atoms with E-state index in [4.69, 9.17) is 4.74 Å². The number of anilines is 1. The highest BCUT2D eigenvalue weighted by Gasteiger charge is 2.42. The van der Waals surface area contributed by atoms with E-state index in [2.05, 4.69) is 10.6 Å². The number of methoxy groups -OCH3 is 1. The molecule has 0 saturated carbocycles. The number of carbonyl (C=O) groups is 1. The van der Waals surface area contributed by atoms with Crippen molar-refractivity contribution in [1.82, 2.24) is 5.32 Å². The number of carbonyl (C=O) groups excluding carboxylic acids is 1. The van der Waals surface area contributed by atoms with Gasteiger partial charge in [0.05, 0.1) is 29.7 Å². The summed E-state index contributed by atoms with van der Waals surface area (Å²) in [5.74, 6) is 0.208. The number of ether oxygens (including phenoxy) is 1. The molecular weight excluding hydrogens is 274 g/mol. The molecule has 2 heterocycles. The Morgan fingerprint density at radius 2 is 2.29 bits per heavy atom. The van der Waals surface area contributed by atoms with Gasteiger partial charge in [-0.3, -0.25) is 14.9 Å². The van der Waals surface area contributed by atoms with Gasteiger partial charge in [-0.1, -0.05) is 0 Å². The molecule has 0 spiro atoms. The minimum atomic E-state index is -0.492. The molecular formula is C14H17N3O4. The largest absolute Gasteiger partial charge is 0.494 e. The number of hydrogen-bond acceptors (Lipinski definition) is 5. The molecule has 7 heteroatoms. The quantitative estimate of drug-likeness (QED) is 0.650. The second-order valence-electron chi connectivity index (χ2n) is 5.52. The molecule has 2 fully saturated rings. The highest BCUT2D eigenvalue weighted by Crippen LogP contribution is 2.35. The van der Waals surface area contributed by atoms with E-state index in [1.54, 1.807) is 0 Å². The maximum atomic E-state index is 12.4. The molecule has 3 unspecified atom stereocenters. The zero-order valence-electron chi connectivity index (χ0n) is 11.7. The van der Waals surface area contributed by atoms with Crippen LogP contribution in [-0.4, -0.2) is 30.0 Å². The Morgan fingerprint density at radius 1 is 1.48 bits per heavy atom. The molecule has 2 aliphatic rings. The van der Waals surface area contributed by atoms with E-state index in [1.807, 2.05) is 0 Å². The van der Waals surface area contributed by atoms with Crippen LogP contribution in [0.15, 0.2) is 18.2 Å². The molecule has 0 aromatic heterocycles. The maximum Gasteiger partial charge on any atom is 0.273 e. The van der Waals surface area contributed by atoms with Gasteiger partial charge in [0, 0.05) is 18.2 Å². The molecule has 2 aliphatic heterocycles. The van der Waals surface area contributed by atoms with Crippen LogP contribution in [0.25, 0.3) is 0 Å². The average Bonchev–Trinajstić information content (AvgIpc) is 3.10. The fourth-order valence-corrected chi connectivity index (χ4v) is 3.24. The molecule has 0 radical (unpaired) electrons. The van der Waals surface area contributed by atoms with E-state index in [0.29, 0.717) is 17.5 Å². The van der Waals surface area contributed by atoms with Crippen LogP contribution in [0.4, 0.5) is 11.4 Å². The number of benzene rings is 1. The van der Waals surface area contributed by atoms with Gasteiger partial charge in [-0.2, -0.15) is 0 Å². The lowest BCUT2D eigenvalue weighted by atomic mass is 9.88. The van der Waals surface area contributed by atoms with Crippen LogP contribution in [0, 0.1) is 16.0 Å². The molecule has 1 aromatic rings. The predicted molar refractivity (Wildman–Crippen MR) is 76.3 cm³/mol. The van der Waals surface area contributed by atoms with Crippen LogP contribution in [0.3, 0.4) is 0 Å². The topological polar surface area (TPSA) is 93.5 Å². The molecule has 2 N–H and O–H groups in total. The van der Waals surface area contributed by atoms with Crippen LogP contribution in [0.5, 0.6) is 5.75 Å². The SMILES string of the molecule is COc1cc([N+](=O)[O-])ccc1NC(=O)C1CC2CCC1N2. The molecule has 7 nitrogen and oxygen atoms in total. The van der Waals surface area contributed by atoms with Crippen molar-refractivity contribution in [1.29, 1.82) is 0 Å². The highest BCUT2D eigenvalue weighted by molar-refractivity contribution is 5.95. The minimum absolute atomic E-state index is 0.0383. The highest BCUT2D eigenvalue weighted by atomic mass is 16.6. The lowest BCUT2D eigenvalue weighted by Crippen LogP contribution is -2.32. The van der Waals surface area contributed by atoms with E-state index in [9.17, 15) is 14.9 Å². The van der Waals surface area contributed by atoms with E-state index in [-0.39, 0.29) is 23.6 Å². The van der Waals surface area contributed by atoms with Crippen LogP contribution >= 0.6 is 0 Å². The van der Waals surface area contributed by atoms with Gasteiger partial charge in [-0.25, -0.2) is 0 Å². The first kappa shape index (κ1) is 13.8. The van der Waals surface area contributed by atoms with Gasteiger partial charge in [0.2, 0.25) is 5.91 Å². The fourth-order valence-electron chi connectivity index (χ4n) is 3.24. The Labute approximate surface area is 121 Å². The number of nitro benzene ring substituents is 1. The van der Waals surface area contributed by atoms with Crippen LogP contribution in [0.1, 0.15) is 19.3 Å². The third kappa shape index (κ3) is 2.56. The maximum absolute atomic E-state index is 12.4.